The molecule has 1 saturated heterocycles. The molecule has 0 aromatic carbocycles. The fourth-order valence-corrected chi connectivity index (χ4v) is 2.18. The quantitative estimate of drug-likeness (QED) is 0.414. The summed E-state index contributed by atoms with van der Waals surface area (Å²) in [7, 11) is 1.81. The van der Waals surface area contributed by atoms with Gasteiger partial charge in [0.2, 0.25) is 0 Å². The minimum atomic E-state index is -1.75. The second-order valence-electron chi connectivity index (χ2n) is 5.11. The van der Waals surface area contributed by atoms with Crippen LogP contribution >= 0.6 is 0 Å². The van der Waals surface area contributed by atoms with E-state index in [-0.39, 0.29) is 0 Å². The van der Waals surface area contributed by atoms with Gasteiger partial charge in [0.05, 0.1) is 23.7 Å². The highest BCUT2D eigenvalue weighted by atomic mass is 16.9. The molecule has 0 aromatic rings. The molecule has 0 unspecified atom stereocenters. The largest absolute Gasteiger partial charge is 0.356 e. The summed E-state index contributed by atoms with van der Waals surface area (Å²) in [6.07, 6.45) is 2.72. The van der Waals surface area contributed by atoms with Gasteiger partial charge in [-0.1, -0.05) is 0 Å². The van der Waals surface area contributed by atoms with Gasteiger partial charge in [-0.15, -0.1) is 0 Å². The monoisotopic (exact) mass is 234 g/mol. The second kappa shape index (κ2) is 6.00. The van der Waals surface area contributed by atoms with E-state index >= 15 is 0 Å². The molecule has 6 heteroatoms. The van der Waals surface area contributed by atoms with E-state index in [1.165, 1.54) is 25.9 Å². The first-order valence-corrected chi connectivity index (χ1v) is 5.42. The fraction of sp³-hybridized carbons (Fsp3) is 1.00. The standard InChI is InChI=1S/C10H22NO.NO3/c1-10(2,3)11(9-12-4)7-5-6-8-11;2-1(3)4/h5-9H2,1-4H3;/q+1;-1. The van der Waals surface area contributed by atoms with Gasteiger partial charge in [-0.2, -0.15) is 0 Å². The van der Waals surface area contributed by atoms with E-state index in [2.05, 4.69) is 20.8 Å². The van der Waals surface area contributed by atoms with Gasteiger partial charge in [-0.25, -0.2) is 0 Å². The van der Waals surface area contributed by atoms with Gasteiger partial charge in [0, 0.05) is 20.0 Å². The number of rotatable bonds is 2. The second-order valence-corrected chi connectivity index (χ2v) is 5.11. The molecule has 6 nitrogen and oxygen atoms in total. The predicted molar refractivity (Wildman–Crippen MR) is 61.2 cm³/mol. The number of nitrogens with zero attached hydrogens (tertiary/aromatic N) is 2. The third-order valence-corrected chi connectivity index (χ3v) is 3.22. The minimum Gasteiger partial charge on any atom is -0.356 e. The molecule has 1 aliphatic rings. The van der Waals surface area contributed by atoms with Crippen LogP contribution in [-0.4, -0.2) is 42.0 Å². The lowest BCUT2D eigenvalue weighted by Crippen LogP contribution is -2.59. The summed E-state index contributed by atoms with van der Waals surface area (Å²) < 4.78 is 6.47. The van der Waals surface area contributed by atoms with Crippen molar-refractivity contribution in [2.75, 3.05) is 26.9 Å². The van der Waals surface area contributed by atoms with Gasteiger partial charge in [-0.05, 0) is 20.8 Å². The van der Waals surface area contributed by atoms with Crippen LogP contribution in [0.4, 0.5) is 0 Å². The summed E-state index contributed by atoms with van der Waals surface area (Å²) in [4.78, 5) is 8.25. The van der Waals surface area contributed by atoms with Gasteiger partial charge in [-0.3, -0.25) is 4.48 Å². The van der Waals surface area contributed by atoms with Crippen molar-refractivity contribution in [3.63, 3.8) is 0 Å². The SMILES string of the molecule is COC[N+]1(C(C)(C)C)CCCC1.O=[N+]([O-])[O-]. The Morgan fingerprint density at radius 1 is 1.25 bits per heavy atom. The van der Waals surface area contributed by atoms with E-state index in [4.69, 9.17) is 20.1 Å². The molecule has 0 bridgehead atoms. The van der Waals surface area contributed by atoms with Crippen LogP contribution in [0.1, 0.15) is 33.6 Å². The molecule has 1 aliphatic heterocycles. The minimum absolute atomic E-state index is 0.340. The van der Waals surface area contributed by atoms with Gasteiger partial charge < -0.3 is 20.1 Å². The van der Waals surface area contributed by atoms with Crippen molar-refractivity contribution < 1.29 is 14.3 Å². The zero-order chi connectivity index (χ0) is 12.8. The Morgan fingerprint density at radius 2 is 1.62 bits per heavy atom. The zero-order valence-electron chi connectivity index (χ0n) is 10.6. The molecule has 1 rings (SSSR count). The van der Waals surface area contributed by atoms with Crippen molar-refractivity contribution >= 4 is 0 Å². The molecule has 0 aliphatic carbocycles. The number of likely N-dealkylation sites (tertiary alicyclic amines) is 1. The third-order valence-electron chi connectivity index (χ3n) is 3.22. The van der Waals surface area contributed by atoms with Crippen molar-refractivity contribution in [3.8, 4) is 0 Å². The summed E-state index contributed by atoms with van der Waals surface area (Å²) in [6.45, 7) is 10.4. The van der Waals surface area contributed by atoms with Gasteiger partial charge in [0.25, 0.3) is 0 Å². The number of hydrogen-bond acceptors (Lipinski definition) is 4. The maximum absolute atomic E-state index is 8.25. The van der Waals surface area contributed by atoms with E-state index in [0.717, 1.165) is 11.2 Å². The molecule has 0 atom stereocenters. The van der Waals surface area contributed by atoms with Crippen LogP contribution in [0, 0.1) is 15.3 Å². The fourth-order valence-electron chi connectivity index (χ4n) is 2.18. The van der Waals surface area contributed by atoms with Crippen molar-refractivity contribution in [3.05, 3.63) is 15.3 Å². The molecule has 1 fully saturated rings. The topological polar surface area (TPSA) is 75.4 Å². The average molecular weight is 234 g/mol. The number of hydrogen-bond donors (Lipinski definition) is 0. The summed E-state index contributed by atoms with van der Waals surface area (Å²) in [6, 6.07) is 0. The summed E-state index contributed by atoms with van der Waals surface area (Å²) in [5.74, 6) is 0. The van der Waals surface area contributed by atoms with Crippen LogP contribution in [-0.2, 0) is 4.74 Å². The lowest BCUT2D eigenvalue weighted by atomic mass is 10.0. The predicted octanol–water partition coefficient (Wildman–Crippen LogP) is 1.76. The number of quaternary nitrogens is 1. The van der Waals surface area contributed by atoms with Crippen molar-refractivity contribution in [2.24, 2.45) is 0 Å². The Bertz CT molecular complexity index is 215. The summed E-state index contributed by atoms with van der Waals surface area (Å²) in [5.41, 5.74) is 0.340. The molecule has 0 spiro atoms. The first-order valence-electron chi connectivity index (χ1n) is 5.42. The van der Waals surface area contributed by atoms with Crippen molar-refractivity contribution in [2.45, 2.75) is 39.2 Å². The Balaban J connectivity index is 0.000000487. The first kappa shape index (κ1) is 15.1. The molecule has 0 aromatic heterocycles. The van der Waals surface area contributed by atoms with E-state index < -0.39 is 5.09 Å². The van der Waals surface area contributed by atoms with Gasteiger partial charge in [0.15, 0.2) is 6.73 Å². The Kier molecular flexibility index (Phi) is 5.67. The molecule has 16 heavy (non-hydrogen) atoms. The Hall–Kier alpha value is -0.880. The molecular formula is C10H22N2O4. The van der Waals surface area contributed by atoms with Crippen LogP contribution in [0.2, 0.25) is 0 Å². The van der Waals surface area contributed by atoms with Crippen LogP contribution < -0.4 is 0 Å². The van der Waals surface area contributed by atoms with Crippen LogP contribution in [0.5, 0.6) is 0 Å². The van der Waals surface area contributed by atoms with Crippen LogP contribution in [0.3, 0.4) is 0 Å². The van der Waals surface area contributed by atoms with Gasteiger partial charge >= 0.3 is 0 Å². The highest BCUT2D eigenvalue weighted by Crippen LogP contribution is 2.30. The van der Waals surface area contributed by atoms with Crippen LogP contribution in [0.25, 0.3) is 0 Å². The molecule has 0 amide bonds. The van der Waals surface area contributed by atoms with Crippen molar-refractivity contribution in [1.29, 1.82) is 0 Å². The molecule has 0 radical (unpaired) electrons. The average Bonchev–Trinajstić information content (AvgIpc) is 2.52. The number of methoxy groups -OCH3 is 1. The van der Waals surface area contributed by atoms with E-state index in [1.807, 2.05) is 7.11 Å². The third kappa shape index (κ3) is 4.32. The smallest absolute Gasteiger partial charge is 0.183 e. The summed E-state index contributed by atoms with van der Waals surface area (Å²) in [5, 5.41) is 14.8. The van der Waals surface area contributed by atoms with Crippen molar-refractivity contribution in [1.82, 2.24) is 0 Å². The maximum Gasteiger partial charge on any atom is 0.183 e. The normalized spacial score (nSPS) is 18.8. The molecule has 1 heterocycles. The number of ether oxygens (including phenoxy) is 1. The maximum atomic E-state index is 8.25. The highest BCUT2D eigenvalue weighted by Gasteiger charge is 2.42. The van der Waals surface area contributed by atoms with E-state index in [0.29, 0.717) is 5.54 Å². The lowest BCUT2D eigenvalue weighted by molar-refractivity contribution is -0.976. The first-order chi connectivity index (χ1) is 7.25. The molecule has 96 valence electrons. The van der Waals surface area contributed by atoms with Gasteiger partial charge in [0.1, 0.15) is 0 Å². The lowest BCUT2D eigenvalue weighted by Gasteiger charge is -2.44. The molecule has 0 saturated carbocycles. The molecule has 0 N–H and O–H groups in total. The Morgan fingerprint density at radius 3 is 1.88 bits per heavy atom. The zero-order valence-corrected chi connectivity index (χ0v) is 10.6. The molecular weight excluding hydrogens is 212 g/mol. The summed E-state index contributed by atoms with van der Waals surface area (Å²) >= 11 is 0. The Labute approximate surface area is 96.5 Å². The van der Waals surface area contributed by atoms with E-state index in [1.54, 1.807) is 0 Å². The highest BCUT2D eigenvalue weighted by molar-refractivity contribution is 4.67. The van der Waals surface area contributed by atoms with E-state index in [9.17, 15) is 0 Å². The van der Waals surface area contributed by atoms with Crippen LogP contribution in [0.15, 0.2) is 0 Å².